The molecule has 1 fully saturated rings. The van der Waals surface area contributed by atoms with Crippen LogP contribution in [0.25, 0.3) is 5.78 Å². The van der Waals surface area contributed by atoms with Gasteiger partial charge in [-0.05, 0) is 36.6 Å². The van der Waals surface area contributed by atoms with Crippen molar-refractivity contribution in [3.8, 4) is 0 Å². The molecule has 2 aromatic heterocycles. The quantitative estimate of drug-likeness (QED) is 0.720. The minimum Gasteiger partial charge on any atom is -0.375 e. The van der Waals surface area contributed by atoms with Gasteiger partial charge >= 0.3 is 0 Å². The van der Waals surface area contributed by atoms with Gasteiger partial charge in [-0.1, -0.05) is 12.1 Å². The molecule has 7 heteroatoms. The van der Waals surface area contributed by atoms with Gasteiger partial charge in [0, 0.05) is 12.7 Å². The number of nitrogens with zero attached hydrogens (tertiary/aromatic N) is 5. The average Bonchev–Trinajstić information content (AvgIpc) is 3.23. The summed E-state index contributed by atoms with van der Waals surface area (Å²) in [5.41, 5.74) is 0.849. The van der Waals surface area contributed by atoms with Gasteiger partial charge in [0.05, 0.1) is 19.3 Å². The first-order chi connectivity index (χ1) is 11.8. The Labute approximate surface area is 138 Å². The Hall–Kier alpha value is -2.54. The summed E-state index contributed by atoms with van der Waals surface area (Å²) in [6.45, 7) is 1.96. The van der Waals surface area contributed by atoms with E-state index in [9.17, 15) is 4.39 Å². The molecular formula is C17H18FN5O. The molecule has 0 aliphatic carbocycles. The van der Waals surface area contributed by atoms with E-state index in [0.29, 0.717) is 19.0 Å². The van der Waals surface area contributed by atoms with Crippen LogP contribution in [0.4, 0.5) is 10.2 Å². The van der Waals surface area contributed by atoms with Gasteiger partial charge in [-0.25, -0.2) is 9.37 Å². The molecule has 6 nitrogen and oxygen atoms in total. The summed E-state index contributed by atoms with van der Waals surface area (Å²) in [5.74, 6) is 1.34. The lowest BCUT2D eigenvalue weighted by molar-refractivity contribution is 0.108. The summed E-state index contributed by atoms with van der Waals surface area (Å²) >= 11 is 0. The monoisotopic (exact) mass is 327 g/mol. The highest BCUT2D eigenvalue weighted by molar-refractivity contribution is 5.46. The molecular weight excluding hydrogens is 309 g/mol. The molecule has 24 heavy (non-hydrogen) atoms. The highest BCUT2D eigenvalue weighted by Crippen LogP contribution is 2.25. The first-order valence-electron chi connectivity index (χ1n) is 8.05. The van der Waals surface area contributed by atoms with Crippen molar-refractivity contribution in [1.82, 2.24) is 19.6 Å². The molecule has 1 atom stereocenters. The molecule has 124 valence electrons. The predicted octanol–water partition coefficient (Wildman–Crippen LogP) is 2.45. The van der Waals surface area contributed by atoms with E-state index in [1.54, 1.807) is 16.8 Å². The third-order valence-electron chi connectivity index (χ3n) is 4.30. The van der Waals surface area contributed by atoms with Crippen molar-refractivity contribution < 1.29 is 9.13 Å². The van der Waals surface area contributed by atoms with Crippen LogP contribution in [0, 0.1) is 5.82 Å². The number of halogens is 1. The van der Waals surface area contributed by atoms with Crippen molar-refractivity contribution in [1.29, 1.82) is 0 Å². The second-order valence-electron chi connectivity index (χ2n) is 5.91. The van der Waals surface area contributed by atoms with E-state index >= 15 is 0 Å². The predicted molar refractivity (Wildman–Crippen MR) is 87.2 cm³/mol. The highest BCUT2D eigenvalue weighted by atomic mass is 19.1. The number of aromatic nitrogens is 4. The van der Waals surface area contributed by atoms with Gasteiger partial charge in [0.2, 0.25) is 0 Å². The molecule has 0 saturated carbocycles. The summed E-state index contributed by atoms with van der Waals surface area (Å²) in [4.78, 5) is 10.6. The van der Waals surface area contributed by atoms with E-state index in [4.69, 9.17) is 4.74 Å². The van der Waals surface area contributed by atoms with Gasteiger partial charge in [-0.3, -0.25) is 0 Å². The fourth-order valence-electron chi connectivity index (χ4n) is 3.19. The molecule has 0 amide bonds. The van der Waals surface area contributed by atoms with E-state index in [-0.39, 0.29) is 11.9 Å². The van der Waals surface area contributed by atoms with Crippen molar-refractivity contribution in [2.24, 2.45) is 0 Å². The van der Waals surface area contributed by atoms with Crippen molar-refractivity contribution in [3.05, 3.63) is 54.2 Å². The summed E-state index contributed by atoms with van der Waals surface area (Å²) in [5, 5.41) is 4.25. The fourth-order valence-corrected chi connectivity index (χ4v) is 3.19. The molecule has 0 radical (unpaired) electrons. The van der Waals surface area contributed by atoms with Crippen molar-refractivity contribution in [3.63, 3.8) is 0 Å². The molecule has 4 rings (SSSR count). The standard InChI is InChI=1S/C17H18FN5O/c18-14-4-1-3-13(9-14)10-24-11-15-5-2-8-22(15)16-6-7-19-17-20-12-21-23(16)17/h1,3-4,6-7,9,12,15H,2,5,8,10-11H2/t15-/m1/s1. The SMILES string of the molecule is Fc1cccc(COC[C@H]2CCCN2c2ccnc3ncnn23)c1. The lowest BCUT2D eigenvalue weighted by atomic mass is 10.2. The zero-order valence-electron chi connectivity index (χ0n) is 13.2. The Morgan fingerprint density at radius 1 is 1.25 bits per heavy atom. The number of anilines is 1. The molecule has 1 aliphatic rings. The van der Waals surface area contributed by atoms with E-state index in [1.165, 1.54) is 18.5 Å². The Morgan fingerprint density at radius 2 is 2.21 bits per heavy atom. The van der Waals surface area contributed by atoms with Crippen LogP contribution in [0.15, 0.2) is 42.9 Å². The normalized spacial score (nSPS) is 17.7. The van der Waals surface area contributed by atoms with Gasteiger partial charge in [0.15, 0.2) is 0 Å². The molecule has 0 spiro atoms. The molecule has 0 bridgehead atoms. The van der Waals surface area contributed by atoms with E-state index in [1.807, 2.05) is 12.1 Å². The van der Waals surface area contributed by atoms with Gasteiger partial charge in [0.1, 0.15) is 18.0 Å². The summed E-state index contributed by atoms with van der Waals surface area (Å²) in [6, 6.07) is 8.75. The number of hydrogen-bond donors (Lipinski definition) is 0. The smallest absolute Gasteiger partial charge is 0.254 e. The van der Waals surface area contributed by atoms with Crippen LogP contribution in [0.2, 0.25) is 0 Å². The van der Waals surface area contributed by atoms with Crippen LogP contribution in [-0.2, 0) is 11.3 Å². The Morgan fingerprint density at radius 3 is 3.12 bits per heavy atom. The summed E-state index contributed by atoms with van der Waals surface area (Å²) in [6.07, 6.45) is 5.42. The van der Waals surface area contributed by atoms with Crippen LogP contribution >= 0.6 is 0 Å². The number of benzene rings is 1. The summed E-state index contributed by atoms with van der Waals surface area (Å²) in [7, 11) is 0. The average molecular weight is 327 g/mol. The minimum absolute atomic E-state index is 0.232. The molecule has 0 N–H and O–H groups in total. The summed E-state index contributed by atoms with van der Waals surface area (Å²) < 4.78 is 20.8. The Kier molecular flexibility index (Phi) is 4.08. The second kappa shape index (κ2) is 6.52. The molecule has 1 aliphatic heterocycles. The topological polar surface area (TPSA) is 55.5 Å². The second-order valence-corrected chi connectivity index (χ2v) is 5.91. The zero-order valence-corrected chi connectivity index (χ0v) is 13.2. The highest BCUT2D eigenvalue weighted by Gasteiger charge is 2.27. The maximum Gasteiger partial charge on any atom is 0.254 e. The number of rotatable bonds is 5. The largest absolute Gasteiger partial charge is 0.375 e. The maximum atomic E-state index is 13.2. The molecule has 1 aromatic carbocycles. The van der Waals surface area contributed by atoms with E-state index in [0.717, 1.165) is 30.8 Å². The minimum atomic E-state index is -0.232. The Bertz CT molecular complexity index is 836. The zero-order chi connectivity index (χ0) is 16.4. The van der Waals surface area contributed by atoms with Gasteiger partial charge in [-0.2, -0.15) is 14.6 Å². The first kappa shape index (κ1) is 15.0. The molecule has 1 saturated heterocycles. The van der Waals surface area contributed by atoms with Crippen molar-refractivity contribution in [2.75, 3.05) is 18.1 Å². The third kappa shape index (κ3) is 2.94. The molecule has 3 heterocycles. The van der Waals surface area contributed by atoms with Crippen LogP contribution in [0.3, 0.4) is 0 Å². The van der Waals surface area contributed by atoms with Crippen LogP contribution < -0.4 is 4.90 Å². The van der Waals surface area contributed by atoms with Crippen LogP contribution in [-0.4, -0.2) is 38.8 Å². The van der Waals surface area contributed by atoms with Gasteiger partial charge < -0.3 is 9.64 Å². The Balaban J connectivity index is 1.44. The molecule has 0 unspecified atom stereocenters. The lowest BCUT2D eigenvalue weighted by Gasteiger charge is -2.26. The first-order valence-corrected chi connectivity index (χ1v) is 8.05. The van der Waals surface area contributed by atoms with Crippen LogP contribution in [0.5, 0.6) is 0 Å². The van der Waals surface area contributed by atoms with Crippen molar-refractivity contribution >= 4 is 11.6 Å². The van der Waals surface area contributed by atoms with Crippen molar-refractivity contribution in [2.45, 2.75) is 25.5 Å². The maximum absolute atomic E-state index is 13.2. The number of ether oxygens (including phenoxy) is 1. The van der Waals surface area contributed by atoms with E-state index in [2.05, 4.69) is 20.0 Å². The number of fused-ring (bicyclic) bond motifs is 1. The van der Waals surface area contributed by atoms with Gasteiger partial charge in [-0.15, -0.1) is 0 Å². The van der Waals surface area contributed by atoms with E-state index < -0.39 is 0 Å². The number of hydrogen-bond acceptors (Lipinski definition) is 5. The molecule has 3 aromatic rings. The van der Waals surface area contributed by atoms with Crippen LogP contribution in [0.1, 0.15) is 18.4 Å². The van der Waals surface area contributed by atoms with Gasteiger partial charge in [0.25, 0.3) is 5.78 Å². The third-order valence-corrected chi connectivity index (χ3v) is 4.30. The lowest BCUT2D eigenvalue weighted by Crippen LogP contribution is -2.34. The fraction of sp³-hybridized carbons (Fsp3) is 0.353.